The van der Waals surface area contributed by atoms with Gasteiger partial charge in [0.15, 0.2) is 0 Å². The number of hydrogen-bond donors (Lipinski definition) is 1. The zero-order valence-corrected chi connectivity index (χ0v) is 11.4. The molecule has 1 aromatic heterocycles. The van der Waals surface area contributed by atoms with Crippen molar-refractivity contribution >= 4 is 11.3 Å². The topological polar surface area (TPSA) is 47.0 Å². The molecule has 1 N–H and O–H groups in total. The smallest absolute Gasteiger partial charge is 0.146 e. The van der Waals surface area contributed by atoms with Crippen LogP contribution >= 0.6 is 11.3 Å². The number of aromatic nitrogens is 2. The molecule has 0 saturated carbocycles. The van der Waals surface area contributed by atoms with E-state index in [0.29, 0.717) is 5.92 Å². The van der Waals surface area contributed by atoms with Crippen LogP contribution in [0.4, 0.5) is 0 Å². The van der Waals surface area contributed by atoms with Gasteiger partial charge in [0.05, 0.1) is 0 Å². The van der Waals surface area contributed by atoms with Gasteiger partial charge in [0, 0.05) is 13.0 Å². The summed E-state index contributed by atoms with van der Waals surface area (Å²) < 4.78 is 5.70. The molecule has 4 nitrogen and oxygen atoms in total. The van der Waals surface area contributed by atoms with Gasteiger partial charge in [0.25, 0.3) is 0 Å². The molecule has 96 valence electrons. The summed E-state index contributed by atoms with van der Waals surface area (Å²) in [5.41, 5.74) is 0. The van der Waals surface area contributed by atoms with E-state index in [-0.39, 0.29) is 6.10 Å². The lowest BCUT2D eigenvalue weighted by Crippen LogP contribution is -2.14. The van der Waals surface area contributed by atoms with Gasteiger partial charge in [-0.05, 0) is 31.8 Å². The van der Waals surface area contributed by atoms with Crippen molar-refractivity contribution in [1.82, 2.24) is 15.5 Å². The number of nitrogens with zero attached hydrogens (tertiary/aromatic N) is 2. The molecule has 0 aliphatic carbocycles. The summed E-state index contributed by atoms with van der Waals surface area (Å²) in [5, 5.41) is 14.0. The van der Waals surface area contributed by atoms with Crippen molar-refractivity contribution in [3.63, 3.8) is 0 Å². The summed E-state index contributed by atoms with van der Waals surface area (Å²) in [5.74, 6) is 0.581. The van der Waals surface area contributed by atoms with E-state index in [9.17, 15) is 0 Å². The fourth-order valence-electron chi connectivity index (χ4n) is 2.04. The van der Waals surface area contributed by atoms with Crippen LogP contribution in [0.1, 0.15) is 42.8 Å². The van der Waals surface area contributed by atoms with Gasteiger partial charge >= 0.3 is 0 Å². The van der Waals surface area contributed by atoms with Crippen LogP contribution in [-0.2, 0) is 11.2 Å². The van der Waals surface area contributed by atoms with Crippen LogP contribution in [0.3, 0.4) is 0 Å². The molecule has 5 heteroatoms. The fraction of sp³-hybridized carbons (Fsp3) is 0.833. The molecule has 0 amide bonds. The predicted molar refractivity (Wildman–Crippen MR) is 69.2 cm³/mol. The summed E-state index contributed by atoms with van der Waals surface area (Å²) in [6, 6.07) is 0. The molecule has 17 heavy (non-hydrogen) atoms. The highest BCUT2D eigenvalue weighted by Gasteiger charge is 2.28. The maximum Gasteiger partial charge on any atom is 0.146 e. The van der Waals surface area contributed by atoms with Gasteiger partial charge in [-0.25, -0.2) is 0 Å². The first kappa shape index (κ1) is 12.9. The largest absolute Gasteiger partial charge is 0.371 e. The van der Waals surface area contributed by atoms with Crippen LogP contribution in [-0.4, -0.2) is 29.9 Å². The van der Waals surface area contributed by atoms with Crippen molar-refractivity contribution in [3.8, 4) is 0 Å². The second-order valence-corrected chi connectivity index (χ2v) is 5.64. The lowest BCUT2D eigenvalue weighted by molar-refractivity contribution is 0.0937. The van der Waals surface area contributed by atoms with E-state index in [1.165, 1.54) is 0 Å². The summed E-state index contributed by atoms with van der Waals surface area (Å²) in [6.07, 6.45) is 3.48. The summed E-state index contributed by atoms with van der Waals surface area (Å²) in [4.78, 5) is 0. The molecule has 2 rings (SSSR count). The molecule has 1 saturated heterocycles. The van der Waals surface area contributed by atoms with Gasteiger partial charge in [-0.1, -0.05) is 25.2 Å². The second kappa shape index (κ2) is 6.42. The van der Waals surface area contributed by atoms with E-state index < -0.39 is 0 Å². The molecule has 0 aromatic carbocycles. The van der Waals surface area contributed by atoms with Gasteiger partial charge in [-0.15, -0.1) is 10.2 Å². The van der Waals surface area contributed by atoms with Crippen LogP contribution < -0.4 is 5.32 Å². The van der Waals surface area contributed by atoms with Gasteiger partial charge in [-0.3, -0.25) is 0 Å². The quantitative estimate of drug-likeness (QED) is 0.791. The lowest BCUT2D eigenvalue weighted by Gasteiger charge is -2.09. The average molecular weight is 255 g/mol. The zero-order valence-electron chi connectivity index (χ0n) is 10.6. The van der Waals surface area contributed by atoms with E-state index >= 15 is 0 Å². The standard InChI is InChI=1S/C12H21N3OS/c1-3-13-7-4-5-10-14-15-12(17-10)11-9(2)6-8-16-11/h9,11,13H,3-8H2,1-2H3. The minimum atomic E-state index is 0.190. The molecule has 1 aromatic rings. The summed E-state index contributed by atoms with van der Waals surface area (Å²) in [7, 11) is 0. The maximum absolute atomic E-state index is 5.70. The van der Waals surface area contributed by atoms with Crippen LogP contribution in [0.15, 0.2) is 0 Å². The Balaban J connectivity index is 1.83. The highest BCUT2D eigenvalue weighted by Crippen LogP contribution is 2.35. The first-order valence-corrected chi connectivity index (χ1v) is 7.27. The van der Waals surface area contributed by atoms with Gasteiger partial charge < -0.3 is 10.1 Å². The summed E-state index contributed by atoms with van der Waals surface area (Å²) in [6.45, 7) is 7.31. The molecule has 0 spiro atoms. The fourth-order valence-corrected chi connectivity index (χ4v) is 3.10. The monoisotopic (exact) mass is 255 g/mol. The number of ether oxygens (including phenoxy) is 1. The molecule has 0 radical (unpaired) electrons. The summed E-state index contributed by atoms with van der Waals surface area (Å²) >= 11 is 1.72. The Hall–Kier alpha value is -0.520. The van der Waals surface area contributed by atoms with Gasteiger partial charge in [0.2, 0.25) is 0 Å². The number of aryl methyl sites for hydroxylation is 1. The molecule has 0 bridgehead atoms. The van der Waals surface area contributed by atoms with E-state index in [1.54, 1.807) is 11.3 Å². The van der Waals surface area contributed by atoms with Crippen LogP contribution in [0.25, 0.3) is 0 Å². The van der Waals surface area contributed by atoms with Crippen molar-refractivity contribution in [2.75, 3.05) is 19.7 Å². The first-order valence-electron chi connectivity index (χ1n) is 6.46. The van der Waals surface area contributed by atoms with Crippen molar-refractivity contribution in [1.29, 1.82) is 0 Å². The molecular weight excluding hydrogens is 234 g/mol. The normalized spacial score (nSPS) is 24.4. The first-order chi connectivity index (χ1) is 8.31. The highest BCUT2D eigenvalue weighted by molar-refractivity contribution is 7.11. The highest BCUT2D eigenvalue weighted by atomic mass is 32.1. The molecular formula is C12H21N3OS. The van der Waals surface area contributed by atoms with Gasteiger partial charge in [-0.2, -0.15) is 0 Å². The predicted octanol–water partition coefficient (Wildman–Crippen LogP) is 2.18. The average Bonchev–Trinajstić information content (AvgIpc) is 2.93. The number of nitrogens with one attached hydrogen (secondary N) is 1. The minimum Gasteiger partial charge on any atom is -0.371 e. The molecule has 2 unspecified atom stereocenters. The Bertz CT molecular complexity index is 342. The van der Waals surface area contributed by atoms with Crippen molar-refractivity contribution in [3.05, 3.63) is 10.0 Å². The Morgan fingerprint density at radius 3 is 3.06 bits per heavy atom. The Kier molecular flexibility index (Phi) is 4.88. The maximum atomic E-state index is 5.70. The molecule has 1 aliphatic rings. The Morgan fingerprint density at radius 1 is 1.47 bits per heavy atom. The Morgan fingerprint density at radius 2 is 2.35 bits per heavy atom. The molecule has 1 aliphatic heterocycles. The van der Waals surface area contributed by atoms with Gasteiger partial charge in [0.1, 0.15) is 16.1 Å². The van der Waals surface area contributed by atoms with E-state index in [4.69, 9.17) is 4.74 Å². The third-order valence-corrected chi connectivity index (χ3v) is 4.15. The Labute approximate surface area is 107 Å². The minimum absolute atomic E-state index is 0.190. The molecule has 2 heterocycles. The molecule has 2 atom stereocenters. The molecule has 1 fully saturated rings. The third-order valence-electron chi connectivity index (χ3n) is 3.11. The SMILES string of the molecule is CCNCCCc1nnc(C2OCCC2C)s1. The van der Waals surface area contributed by atoms with E-state index in [0.717, 1.165) is 49.0 Å². The second-order valence-electron chi connectivity index (χ2n) is 4.55. The van der Waals surface area contributed by atoms with Crippen LogP contribution in [0.5, 0.6) is 0 Å². The lowest BCUT2D eigenvalue weighted by atomic mass is 10.1. The van der Waals surface area contributed by atoms with Crippen LogP contribution in [0, 0.1) is 5.92 Å². The zero-order chi connectivity index (χ0) is 12.1. The third kappa shape index (κ3) is 3.47. The van der Waals surface area contributed by atoms with Crippen molar-refractivity contribution < 1.29 is 4.74 Å². The van der Waals surface area contributed by atoms with Crippen molar-refractivity contribution in [2.45, 2.75) is 39.2 Å². The van der Waals surface area contributed by atoms with Crippen LogP contribution in [0.2, 0.25) is 0 Å². The number of hydrogen-bond acceptors (Lipinski definition) is 5. The number of rotatable bonds is 6. The van der Waals surface area contributed by atoms with E-state index in [1.807, 2.05) is 0 Å². The van der Waals surface area contributed by atoms with Crippen molar-refractivity contribution in [2.24, 2.45) is 5.92 Å². The van der Waals surface area contributed by atoms with E-state index in [2.05, 4.69) is 29.4 Å².